The predicted octanol–water partition coefficient (Wildman–Crippen LogP) is 2.87. The van der Waals surface area contributed by atoms with Gasteiger partial charge >= 0.3 is 5.97 Å². The van der Waals surface area contributed by atoms with Crippen LogP contribution in [0.25, 0.3) is 0 Å². The summed E-state index contributed by atoms with van der Waals surface area (Å²) >= 11 is 0. The number of carbonyl (C=O) groups is 1. The van der Waals surface area contributed by atoms with E-state index in [0.717, 1.165) is 25.2 Å². The van der Waals surface area contributed by atoms with Gasteiger partial charge in [-0.15, -0.1) is 0 Å². The maximum absolute atomic E-state index is 11.6. The SMILES string of the molecule is COC(=O)CC1(C(C)(C)N)CCCC(C)CC1. The zero-order chi connectivity index (χ0) is 13.1. The summed E-state index contributed by atoms with van der Waals surface area (Å²) in [7, 11) is 1.46. The second-order valence-electron chi connectivity index (χ2n) is 6.29. The summed E-state index contributed by atoms with van der Waals surface area (Å²) in [5, 5.41) is 0. The molecule has 3 heteroatoms. The van der Waals surface area contributed by atoms with Gasteiger partial charge in [0.1, 0.15) is 0 Å². The lowest BCUT2D eigenvalue weighted by molar-refractivity contribution is -0.145. The average molecular weight is 241 g/mol. The van der Waals surface area contributed by atoms with Crippen LogP contribution in [0.1, 0.15) is 59.3 Å². The van der Waals surface area contributed by atoms with E-state index in [4.69, 9.17) is 10.5 Å². The topological polar surface area (TPSA) is 52.3 Å². The van der Waals surface area contributed by atoms with Gasteiger partial charge in [0, 0.05) is 5.54 Å². The Morgan fingerprint density at radius 1 is 1.41 bits per heavy atom. The van der Waals surface area contributed by atoms with Gasteiger partial charge in [-0.05, 0) is 38.0 Å². The fourth-order valence-corrected chi connectivity index (χ4v) is 2.98. The van der Waals surface area contributed by atoms with Gasteiger partial charge in [-0.25, -0.2) is 0 Å². The molecule has 0 aromatic carbocycles. The molecule has 1 fully saturated rings. The van der Waals surface area contributed by atoms with Crippen molar-refractivity contribution in [2.24, 2.45) is 17.1 Å². The second kappa shape index (κ2) is 5.38. The van der Waals surface area contributed by atoms with Crippen LogP contribution in [0.15, 0.2) is 0 Å². The molecule has 100 valence electrons. The molecule has 2 N–H and O–H groups in total. The van der Waals surface area contributed by atoms with Crippen LogP contribution in [0.3, 0.4) is 0 Å². The Balaban J connectivity index is 2.89. The highest BCUT2D eigenvalue weighted by Crippen LogP contribution is 2.46. The van der Waals surface area contributed by atoms with E-state index in [9.17, 15) is 4.79 Å². The van der Waals surface area contributed by atoms with Gasteiger partial charge in [0.15, 0.2) is 0 Å². The third-order valence-corrected chi connectivity index (χ3v) is 4.55. The summed E-state index contributed by atoms with van der Waals surface area (Å²) in [6.07, 6.45) is 6.11. The molecule has 1 aliphatic carbocycles. The Bertz CT molecular complexity index is 270. The van der Waals surface area contributed by atoms with E-state index < -0.39 is 0 Å². The monoisotopic (exact) mass is 241 g/mol. The minimum Gasteiger partial charge on any atom is -0.469 e. The fraction of sp³-hybridized carbons (Fsp3) is 0.929. The fourth-order valence-electron chi connectivity index (χ4n) is 2.98. The molecule has 1 aliphatic rings. The van der Waals surface area contributed by atoms with Crippen LogP contribution in [0.4, 0.5) is 0 Å². The van der Waals surface area contributed by atoms with Crippen molar-refractivity contribution in [1.82, 2.24) is 0 Å². The van der Waals surface area contributed by atoms with Crippen LogP contribution in [0, 0.1) is 11.3 Å². The van der Waals surface area contributed by atoms with E-state index in [0.29, 0.717) is 6.42 Å². The molecule has 0 aromatic heterocycles. The van der Waals surface area contributed by atoms with Gasteiger partial charge in [-0.1, -0.05) is 26.2 Å². The summed E-state index contributed by atoms with van der Waals surface area (Å²) in [5.41, 5.74) is 5.93. The van der Waals surface area contributed by atoms with Gasteiger partial charge in [-0.2, -0.15) is 0 Å². The van der Waals surface area contributed by atoms with Crippen molar-refractivity contribution in [3.8, 4) is 0 Å². The zero-order valence-electron chi connectivity index (χ0n) is 11.7. The Hall–Kier alpha value is -0.570. The highest BCUT2D eigenvalue weighted by molar-refractivity contribution is 5.70. The summed E-state index contributed by atoms with van der Waals surface area (Å²) < 4.78 is 4.85. The minimum atomic E-state index is -0.328. The van der Waals surface area contributed by atoms with Crippen LogP contribution in [0.5, 0.6) is 0 Å². The number of esters is 1. The maximum Gasteiger partial charge on any atom is 0.306 e. The van der Waals surface area contributed by atoms with Gasteiger partial charge in [0.2, 0.25) is 0 Å². The van der Waals surface area contributed by atoms with Gasteiger partial charge < -0.3 is 10.5 Å². The molecule has 0 heterocycles. The lowest BCUT2D eigenvalue weighted by Crippen LogP contribution is -2.51. The molecule has 0 spiro atoms. The minimum absolute atomic E-state index is 0.0924. The first kappa shape index (κ1) is 14.5. The van der Waals surface area contributed by atoms with Crippen molar-refractivity contribution in [1.29, 1.82) is 0 Å². The smallest absolute Gasteiger partial charge is 0.306 e. The van der Waals surface area contributed by atoms with E-state index in [1.807, 2.05) is 13.8 Å². The van der Waals surface area contributed by atoms with Crippen LogP contribution >= 0.6 is 0 Å². The third kappa shape index (κ3) is 3.44. The summed E-state index contributed by atoms with van der Waals surface area (Å²) in [4.78, 5) is 11.6. The van der Waals surface area contributed by atoms with Crippen LogP contribution in [0.2, 0.25) is 0 Å². The van der Waals surface area contributed by atoms with E-state index in [-0.39, 0.29) is 16.9 Å². The number of hydrogen-bond acceptors (Lipinski definition) is 3. The Morgan fingerprint density at radius 2 is 2.06 bits per heavy atom. The molecule has 3 nitrogen and oxygen atoms in total. The van der Waals surface area contributed by atoms with E-state index in [2.05, 4.69) is 6.92 Å². The van der Waals surface area contributed by atoms with Gasteiger partial charge in [-0.3, -0.25) is 4.79 Å². The first-order chi connectivity index (χ1) is 7.81. The molecule has 17 heavy (non-hydrogen) atoms. The Morgan fingerprint density at radius 3 is 2.59 bits per heavy atom. The van der Waals surface area contributed by atoms with Crippen LogP contribution < -0.4 is 5.73 Å². The Labute approximate surface area is 105 Å². The normalized spacial score (nSPS) is 30.8. The quantitative estimate of drug-likeness (QED) is 0.610. The van der Waals surface area contributed by atoms with Crippen molar-refractivity contribution in [2.45, 2.75) is 64.8 Å². The van der Waals surface area contributed by atoms with Crippen LogP contribution in [-0.2, 0) is 9.53 Å². The number of carbonyl (C=O) groups excluding carboxylic acids is 1. The zero-order valence-corrected chi connectivity index (χ0v) is 11.7. The first-order valence-electron chi connectivity index (χ1n) is 6.66. The third-order valence-electron chi connectivity index (χ3n) is 4.55. The summed E-state index contributed by atoms with van der Waals surface area (Å²) in [6, 6.07) is 0. The summed E-state index contributed by atoms with van der Waals surface area (Å²) in [6.45, 7) is 6.38. The average Bonchev–Trinajstić information content (AvgIpc) is 2.41. The van der Waals surface area contributed by atoms with Gasteiger partial charge in [0.25, 0.3) is 0 Å². The molecule has 1 rings (SSSR count). The van der Waals surface area contributed by atoms with Crippen molar-refractivity contribution < 1.29 is 9.53 Å². The molecule has 0 aromatic rings. The summed E-state index contributed by atoms with van der Waals surface area (Å²) in [5.74, 6) is 0.620. The molecule has 0 radical (unpaired) electrons. The lowest BCUT2D eigenvalue weighted by Gasteiger charge is -2.44. The Kier molecular flexibility index (Phi) is 4.59. The van der Waals surface area contributed by atoms with Crippen molar-refractivity contribution >= 4 is 5.97 Å². The van der Waals surface area contributed by atoms with Crippen molar-refractivity contribution in [3.05, 3.63) is 0 Å². The first-order valence-corrected chi connectivity index (χ1v) is 6.66. The molecule has 2 atom stereocenters. The lowest BCUT2D eigenvalue weighted by atomic mass is 9.65. The largest absolute Gasteiger partial charge is 0.469 e. The van der Waals surface area contributed by atoms with E-state index >= 15 is 0 Å². The molecule has 0 aliphatic heterocycles. The number of nitrogens with two attached hydrogens (primary N) is 1. The number of rotatable bonds is 3. The van der Waals surface area contributed by atoms with E-state index in [1.165, 1.54) is 20.0 Å². The molecular formula is C14H27NO2. The van der Waals surface area contributed by atoms with Crippen molar-refractivity contribution in [3.63, 3.8) is 0 Å². The second-order valence-corrected chi connectivity index (χ2v) is 6.29. The maximum atomic E-state index is 11.6. The number of hydrogen-bond donors (Lipinski definition) is 1. The molecule has 0 saturated heterocycles. The van der Waals surface area contributed by atoms with Gasteiger partial charge in [0.05, 0.1) is 13.5 Å². The van der Waals surface area contributed by atoms with E-state index in [1.54, 1.807) is 0 Å². The highest BCUT2D eigenvalue weighted by Gasteiger charge is 2.44. The molecular weight excluding hydrogens is 214 g/mol. The van der Waals surface area contributed by atoms with Crippen molar-refractivity contribution in [2.75, 3.05) is 7.11 Å². The highest BCUT2D eigenvalue weighted by atomic mass is 16.5. The molecule has 2 unspecified atom stereocenters. The van der Waals surface area contributed by atoms with Crippen LogP contribution in [-0.4, -0.2) is 18.6 Å². The standard InChI is InChI=1S/C14H27NO2/c1-11-6-5-8-14(9-7-11,13(2,3)15)10-12(16)17-4/h11H,5-10,15H2,1-4H3. The molecule has 0 amide bonds. The number of methoxy groups -OCH3 is 1. The number of ether oxygens (including phenoxy) is 1. The molecule has 0 bridgehead atoms. The predicted molar refractivity (Wildman–Crippen MR) is 69.6 cm³/mol. The molecule has 1 saturated carbocycles.